The van der Waals surface area contributed by atoms with E-state index in [4.69, 9.17) is 0 Å². The highest BCUT2D eigenvalue weighted by atomic mass is 32.2. The third-order valence-corrected chi connectivity index (χ3v) is 7.66. The van der Waals surface area contributed by atoms with Gasteiger partial charge in [0.25, 0.3) is 0 Å². The summed E-state index contributed by atoms with van der Waals surface area (Å²) in [4.78, 5) is 6.39. The molecule has 2 saturated heterocycles. The normalized spacial score (nSPS) is 23.2. The van der Waals surface area contributed by atoms with Crippen molar-refractivity contribution in [3.63, 3.8) is 0 Å². The fourth-order valence-corrected chi connectivity index (χ4v) is 5.63. The Bertz CT molecular complexity index is 1050. The molecular weight excluding hydrogens is 451 g/mol. The third kappa shape index (κ3) is 6.28. The number of halogens is 3. The molecule has 2 aromatic rings. The molecule has 2 aliphatic rings. The monoisotopic (exact) mass is 481 g/mol. The Morgan fingerprint density at radius 1 is 0.970 bits per heavy atom. The predicted molar refractivity (Wildman–Crippen MR) is 123 cm³/mol. The second-order valence-corrected chi connectivity index (χ2v) is 11.2. The number of anilines is 1. The zero-order chi connectivity index (χ0) is 23.6. The van der Waals surface area contributed by atoms with E-state index in [1.165, 1.54) is 11.2 Å². The number of alkyl halides is 3. The summed E-state index contributed by atoms with van der Waals surface area (Å²) < 4.78 is 62.4. The van der Waals surface area contributed by atoms with Crippen LogP contribution in [0.1, 0.15) is 18.0 Å². The minimum atomic E-state index is -4.16. The number of rotatable bonds is 6. The van der Waals surface area contributed by atoms with Crippen LogP contribution < -0.4 is 4.90 Å². The molecule has 0 radical (unpaired) electrons. The average molecular weight is 482 g/mol. The van der Waals surface area contributed by atoms with Crippen LogP contribution in [0, 0.1) is 5.92 Å². The van der Waals surface area contributed by atoms with E-state index in [2.05, 4.69) is 21.9 Å². The molecule has 4 rings (SSSR count). The highest BCUT2D eigenvalue weighted by Gasteiger charge is 2.36. The molecule has 0 amide bonds. The standard InChI is InChI=1S/C24H30F3N3O2S/c1-33(31,32)22-9-5-8-21(14-22)29-12-13-30(23(17-29)20-6-3-2-4-7-20)16-19-10-11-28(15-19)18-24(25,26)27/h2-9,14,19,23H,10-13,15-18H2,1H3/t19-,23+/m0/s1. The van der Waals surface area contributed by atoms with Crippen molar-refractivity contribution >= 4 is 15.5 Å². The molecular formula is C24H30F3N3O2S. The molecule has 0 saturated carbocycles. The van der Waals surface area contributed by atoms with Crippen molar-refractivity contribution in [2.24, 2.45) is 5.92 Å². The molecule has 0 aromatic heterocycles. The van der Waals surface area contributed by atoms with Gasteiger partial charge >= 0.3 is 6.18 Å². The highest BCUT2D eigenvalue weighted by Crippen LogP contribution is 2.32. The number of hydrogen-bond donors (Lipinski definition) is 0. The molecule has 9 heteroatoms. The van der Waals surface area contributed by atoms with Gasteiger partial charge in [-0.3, -0.25) is 9.80 Å². The molecule has 2 aliphatic heterocycles. The summed E-state index contributed by atoms with van der Waals surface area (Å²) in [5.74, 6) is 0.207. The lowest BCUT2D eigenvalue weighted by molar-refractivity contribution is -0.143. The van der Waals surface area contributed by atoms with Gasteiger partial charge < -0.3 is 4.90 Å². The molecule has 2 fully saturated rings. The van der Waals surface area contributed by atoms with Crippen molar-refractivity contribution < 1.29 is 21.6 Å². The molecule has 0 bridgehead atoms. The lowest BCUT2D eigenvalue weighted by Gasteiger charge is -2.43. The lowest BCUT2D eigenvalue weighted by atomic mass is 9.99. The molecule has 2 atom stereocenters. The molecule has 33 heavy (non-hydrogen) atoms. The number of sulfone groups is 1. The van der Waals surface area contributed by atoms with E-state index in [1.807, 2.05) is 24.3 Å². The quantitative estimate of drug-likeness (QED) is 0.628. The van der Waals surface area contributed by atoms with Gasteiger partial charge in [-0.25, -0.2) is 8.42 Å². The van der Waals surface area contributed by atoms with Crippen molar-refractivity contribution in [2.45, 2.75) is 23.5 Å². The Kier molecular flexibility index (Phi) is 7.02. The van der Waals surface area contributed by atoms with E-state index >= 15 is 0 Å². The minimum Gasteiger partial charge on any atom is -0.368 e. The van der Waals surface area contributed by atoms with Gasteiger partial charge in [0.1, 0.15) is 0 Å². The molecule has 2 aromatic carbocycles. The van der Waals surface area contributed by atoms with Crippen molar-refractivity contribution in [3.05, 3.63) is 60.2 Å². The first-order valence-electron chi connectivity index (χ1n) is 11.2. The number of benzene rings is 2. The number of hydrogen-bond acceptors (Lipinski definition) is 5. The average Bonchev–Trinajstić information content (AvgIpc) is 3.19. The maximum absolute atomic E-state index is 12.8. The van der Waals surface area contributed by atoms with Crippen LogP contribution in [-0.2, 0) is 9.84 Å². The molecule has 0 spiro atoms. The molecule has 180 valence electrons. The predicted octanol–water partition coefficient (Wildman–Crippen LogP) is 3.84. The zero-order valence-electron chi connectivity index (χ0n) is 18.7. The maximum Gasteiger partial charge on any atom is 0.401 e. The Morgan fingerprint density at radius 3 is 2.42 bits per heavy atom. The maximum atomic E-state index is 12.8. The summed E-state index contributed by atoms with van der Waals surface area (Å²) in [5, 5.41) is 0. The van der Waals surface area contributed by atoms with Crippen LogP contribution in [0.5, 0.6) is 0 Å². The van der Waals surface area contributed by atoms with Crippen LogP contribution in [0.2, 0.25) is 0 Å². The summed E-state index contributed by atoms with van der Waals surface area (Å²) in [7, 11) is -3.30. The Balaban J connectivity index is 1.49. The van der Waals surface area contributed by atoms with Crippen LogP contribution in [0.25, 0.3) is 0 Å². The van der Waals surface area contributed by atoms with Gasteiger partial charge in [-0.1, -0.05) is 36.4 Å². The SMILES string of the molecule is CS(=O)(=O)c1cccc(N2CCN(C[C@H]3CCN(CC(F)(F)F)C3)[C@@H](c3ccccc3)C2)c1. The summed E-state index contributed by atoms with van der Waals surface area (Å²) >= 11 is 0. The van der Waals surface area contributed by atoms with E-state index in [1.54, 1.807) is 18.2 Å². The van der Waals surface area contributed by atoms with Crippen molar-refractivity contribution in [3.8, 4) is 0 Å². The fourth-order valence-electron chi connectivity index (χ4n) is 4.97. The van der Waals surface area contributed by atoms with Crippen LogP contribution in [-0.4, -0.2) is 76.5 Å². The number of piperazine rings is 1. The molecule has 2 heterocycles. The second kappa shape index (κ2) is 9.64. The van der Waals surface area contributed by atoms with Crippen molar-refractivity contribution in [1.82, 2.24) is 9.80 Å². The van der Waals surface area contributed by atoms with E-state index < -0.39 is 22.6 Å². The van der Waals surface area contributed by atoms with Crippen molar-refractivity contribution in [2.75, 3.05) is 57.0 Å². The van der Waals surface area contributed by atoms with Gasteiger partial charge in [0.15, 0.2) is 9.84 Å². The number of likely N-dealkylation sites (tertiary alicyclic amines) is 1. The van der Waals surface area contributed by atoms with E-state index in [0.717, 1.165) is 37.3 Å². The number of nitrogens with zero attached hydrogens (tertiary/aromatic N) is 3. The van der Waals surface area contributed by atoms with Gasteiger partial charge in [-0.15, -0.1) is 0 Å². The van der Waals surface area contributed by atoms with E-state index in [-0.39, 0.29) is 12.0 Å². The van der Waals surface area contributed by atoms with Gasteiger partial charge in [0.2, 0.25) is 0 Å². The van der Waals surface area contributed by atoms with Crippen molar-refractivity contribution in [1.29, 1.82) is 0 Å². The Labute approximate surface area is 193 Å². The summed E-state index contributed by atoms with van der Waals surface area (Å²) in [6.45, 7) is 3.06. The largest absolute Gasteiger partial charge is 0.401 e. The summed E-state index contributed by atoms with van der Waals surface area (Å²) in [6, 6.07) is 17.2. The molecule has 0 N–H and O–H groups in total. The fraction of sp³-hybridized carbons (Fsp3) is 0.500. The van der Waals surface area contributed by atoms with Gasteiger partial charge in [0, 0.05) is 44.7 Å². The third-order valence-electron chi connectivity index (χ3n) is 6.55. The first kappa shape index (κ1) is 24.0. The minimum absolute atomic E-state index is 0.0819. The molecule has 0 aliphatic carbocycles. The topological polar surface area (TPSA) is 43.9 Å². The molecule has 0 unspecified atom stereocenters. The van der Waals surface area contributed by atoms with E-state index in [9.17, 15) is 21.6 Å². The van der Waals surface area contributed by atoms with Gasteiger partial charge in [0.05, 0.1) is 17.5 Å². The Morgan fingerprint density at radius 2 is 1.73 bits per heavy atom. The summed E-state index contributed by atoms with van der Waals surface area (Å²) in [5.41, 5.74) is 2.03. The van der Waals surface area contributed by atoms with Crippen LogP contribution in [0.15, 0.2) is 59.5 Å². The van der Waals surface area contributed by atoms with Gasteiger partial charge in [-0.2, -0.15) is 13.2 Å². The zero-order valence-corrected chi connectivity index (χ0v) is 19.5. The second-order valence-electron chi connectivity index (χ2n) is 9.14. The van der Waals surface area contributed by atoms with Crippen LogP contribution in [0.4, 0.5) is 18.9 Å². The first-order chi connectivity index (χ1) is 15.6. The highest BCUT2D eigenvalue weighted by molar-refractivity contribution is 7.90. The van der Waals surface area contributed by atoms with Crippen LogP contribution >= 0.6 is 0 Å². The smallest absolute Gasteiger partial charge is 0.368 e. The first-order valence-corrected chi connectivity index (χ1v) is 13.1. The van der Waals surface area contributed by atoms with Crippen LogP contribution in [0.3, 0.4) is 0 Å². The Hall–Kier alpha value is -2.10. The van der Waals surface area contributed by atoms with E-state index in [0.29, 0.717) is 24.5 Å². The molecule has 5 nitrogen and oxygen atoms in total. The van der Waals surface area contributed by atoms with Gasteiger partial charge in [-0.05, 0) is 42.6 Å². The summed E-state index contributed by atoms with van der Waals surface area (Å²) in [6.07, 6.45) is -2.18. The lowest BCUT2D eigenvalue weighted by Crippen LogP contribution is -2.50.